The molecule has 1 nitrogen and oxygen atoms in total. The molecule has 0 fully saturated rings. The van der Waals surface area contributed by atoms with Crippen LogP contribution in [0.25, 0.3) is 0 Å². The molecular weight excluding hydrogens is 256 g/mol. The van der Waals surface area contributed by atoms with Crippen molar-refractivity contribution in [2.24, 2.45) is 5.41 Å². The first-order chi connectivity index (χ1) is 9.42. The van der Waals surface area contributed by atoms with Crippen molar-refractivity contribution in [3.8, 4) is 0 Å². The summed E-state index contributed by atoms with van der Waals surface area (Å²) in [7, 11) is 0. The number of aliphatic hydroxyl groups is 1. The van der Waals surface area contributed by atoms with E-state index in [0.717, 1.165) is 12.0 Å². The fourth-order valence-electron chi connectivity index (χ4n) is 3.51. The van der Waals surface area contributed by atoms with Crippen LogP contribution >= 0.6 is 0 Å². The Bertz CT molecular complexity index is 517. The van der Waals surface area contributed by atoms with Crippen LogP contribution in [0.5, 0.6) is 0 Å². The standard InChI is InChI=1S/C20H32O/c1-18(2,3)13-17(21)14-8-9-15-16(12-14)20(6,7)11-10-19(15,4)5/h8-9,12,17,21H,10-11,13H2,1-7H3. The highest BCUT2D eigenvalue weighted by Crippen LogP contribution is 2.46. The van der Waals surface area contributed by atoms with Crippen molar-refractivity contribution in [3.05, 3.63) is 34.9 Å². The van der Waals surface area contributed by atoms with Gasteiger partial charge in [-0.3, -0.25) is 0 Å². The molecule has 118 valence electrons. The van der Waals surface area contributed by atoms with Crippen LogP contribution in [0, 0.1) is 5.41 Å². The molecule has 0 amide bonds. The zero-order chi connectivity index (χ0) is 16.1. The van der Waals surface area contributed by atoms with Gasteiger partial charge >= 0.3 is 0 Å². The van der Waals surface area contributed by atoms with Gasteiger partial charge in [0.25, 0.3) is 0 Å². The summed E-state index contributed by atoms with van der Waals surface area (Å²) in [5.41, 5.74) is 4.58. The molecule has 0 aliphatic heterocycles. The van der Waals surface area contributed by atoms with Crippen molar-refractivity contribution in [1.82, 2.24) is 0 Å². The zero-order valence-corrected chi connectivity index (χ0v) is 14.9. The van der Waals surface area contributed by atoms with Gasteiger partial charge in [0.2, 0.25) is 0 Å². The molecular formula is C20H32O. The second-order valence-corrected chi connectivity index (χ2v) is 9.35. The average Bonchev–Trinajstić information content (AvgIpc) is 2.33. The maximum absolute atomic E-state index is 10.6. The molecule has 1 aromatic carbocycles. The summed E-state index contributed by atoms with van der Waals surface area (Å²) in [6.45, 7) is 15.9. The van der Waals surface area contributed by atoms with Crippen molar-refractivity contribution in [1.29, 1.82) is 0 Å². The lowest BCUT2D eigenvalue weighted by molar-refractivity contribution is 0.122. The third-order valence-electron chi connectivity index (χ3n) is 5.07. The number of aliphatic hydroxyl groups excluding tert-OH is 1. The Morgan fingerprint density at radius 3 is 2.05 bits per heavy atom. The summed E-state index contributed by atoms with van der Waals surface area (Å²) in [4.78, 5) is 0. The van der Waals surface area contributed by atoms with Crippen LogP contribution in [-0.2, 0) is 10.8 Å². The monoisotopic (exact) mass is 288 g/mol. The molecule has 1 unspecified atom stereocenters. The first-order valence-electron chi connectivity index (χ1n) is 8.25. The van der Waals surface area contributed by atoms with Crippen LogP contribution in [0.1, 0.15) is 90.5 Å². The summed E-state index contributed by atoms with van der Waals surface area (Å²) in [5.74, 6) is 0. The van der Waals surface area contributed by atoms with Gasteiger partial charge in [0, 0.05) is 0 Å². The van der Waals surface area contributed by atoms with E-state index in [1.54, 1.807) is 0 Å². The minimum atomic E-state index is -0.365. The second-order valence-electron chi connectivity index (χ2n) is 9.35. The number of hydrogen-bond donors (Lipinski definition) is 1. The number of hydrogen-bond acceptors (Lipinski definition) is 1. The predicted molar refractivity (Wildman–Crippen MR) is 90.8 cm³/mol. The van der Waals surface area contributed by atoms with Crippen LogP contribution in [0.15, 0.2) is 18.2 Å². The molecule has 0 bridgehead atoms. The van der Waals surface area contributed by atoms with E-state index in [9.17, 15) is 5.11 Å². The minimum absolute atomic E-state index is 0.143. The Morgan fingerprint density at radius 2 is 1.52 bits per heavy atom. The normalized spacial score (nSPS) is 21.7. The van der Waals surface area contributed by atoms with Gasteiger partial charge in [-0.25, -0.2) is 0 Å². The first-order valence-corrected chi connectivity index (χ1v) is 8.25. The lowest BCUT2D eigenvalue weighted by Crippen LogP contribution is -2.34. The molecule has 0 spiro atoms. The molecule has 1 aromatic rings. The Morgan fingerprint density at radius 1 is 1.00 bits per heavy atom. The topological polar surface area (TPSA) is 20.2 Å². The van der Waals surface area contributed by atoms with Crippen molar-refractivity contribution in [3.63, 3.8) is 0 Å². The molecule has 1 aliphatic carbocycles. The molecule has 2 rings (SSSR count). The van der Waals surface area contributed by atoms with E-state index in [1.807, 2.05) is 0 Å². The van der Waals surface area contributed by atoms with Crippen LogP contribution in [-0.4, -0.2) is 5.11 Å². The zero-order valence-electron chi connectivity index (χ0n) is 14.9. The Kier molecular flexibility index (Phi) is 4.04. The van der Waals surface area contributed by atoms with Crippen LogP contribution in [0.4, 0.5) is 0 Å². The van der Waals surface area contributed by atoms with Gasteiger partial charge in [0.05, 0.1) is 6.10 Å². The molecule has 0 radical (unpaired) electrons. The SMILES string of the molecule is CC(C)(C)CC(O)c1ccc2c(c1)C(C)(C)CCC2(C)C. The number of fused-ring (bicyclic) bond motifs is 1. The van der Waals surface area contributed by atoms with E-state index in [4.69, 9.17) is 0 Å². The lowest BCUT2D eigenvalue weighted by atomic mass is 9.63. The van der Waals surface area contributed by atoms with Crippen molar-refractivity contribution < 1.29 is 5.11 Å². The van der Waals surface area contributed by atoms with Crippen LogP contribution in [0.3, 0.4) is 0 Å². The molecule has 1 aliphatic rings. The second kappa shape index (κ2) is 5.12. The molecule has 1 heteroatoms. The van der Waals surface area contributed by atoms with Crippen molar-refractivity contribution in [2.45, 2.75) is 84.7 Å². The Labute approximate surface area is 130 Å². The highest BCUT2D eigenvalue weighted by atomic mass is 16.3. The maximum atomic E-state index is 10.6. The molecule has 1 N–H and O–H groups in total. The summed E-state index contributed by atoms with van der Waals surface area (Å²) in [6.07, 6.45) is 2.88. The number of benzene rings is 1. The van der Waals surface area contributed by atoms with Gasteiger partial charge < -0.3 is 5.11 Å². The van der Waals surface area contributed by atoms with Crippen LogP contribution in [0.2, 0.25) is 0 Å². The van der Waals surface area contributed by atoms with Crippen molar-refractivity contribution in [2.75, 3.05) is 0 Å². The molecule has 1 atom stereocenters. The fourth-order valence-corrected chi connectivity index (χ4v) is 3.51. The third-order valence-corrected chi connectivity index (χ3v) is 5.07. The lowest BCUT2D eigenvalue weighted by Gasteiger charge is -2.42. The summed E-state index contributed by atoms with van der Waals surface area (Å²) in [6, 6.07) is 6.67. The minimum Gasteiger partial charge on any atom is -0.388 e. The van der Waals surface area contributed by atoms with E-state index in [0.29, 0.717) is 0 Å². The highest BCUT2D eigenvalue weighted by Gasteiger charge is 2.37. The van der Waals surface area contributed by atoms with E-state index in [-0.39, 0.29) is 22.3 Å². The van der Waals surface area contributed by atoms with Crippen molar-refractivity contribution >= 4 is 0 Å². The predicted octanol–water partition coefficient (Wildman–Crippen LogP) is 5.51. The summed E-state index contributed by atoms with van der Waals surface area (Å²) >= 11 is 0. The summed E-state index contributed by atoms with van der Waals surface area (Å²) in [5, 5.41) is 10.6. The van der Waals surface area contributed by atoms with Gasteiger partial charge in [-0.05, 0) is 52.2 Å². The van der Waals surface area contributed by atoms with Gasteiger partial charge in [-0.2, -0.15) is 0 Å². The smallest absolute Gasteiger partial charge is 0.0795 e. The Hall–Kier alpha value is -0.820. The summed E-state index contributed by atoms with van der Waals surface area (Å²) < 4.78 is 0. The molecule has 0 saturated heterocycles. The molecule has 0 saturated carbocycles. The molecule has 0 heterocycles. The molecule has 0 aromatic heterocycles. The maximum Gasteiger partial charge on any atom is 0.0795 e. The van der Waals surface area contributed by atoms with Gasteiger partial charge in [0.1, 0.15) is 0 Å². The van der Waals surface area contributed by atoms with Gasteiger partial charge in [0.15, 0.2) is 0 Å². The van der Waals surface area contributed by atoms with E-state index < -0.39 is 0 Å². The largest absolute Gasteiger partial charge is 0.388 e. The highest BCUT2D eigenvalue weighted by molar-refractivity contribution is 5.44. The first kappa shape index (κ1) is 16.5. The van der Waals surface area contributed by atoms with Crippen LogP contribution < -0.4 is 0 Å². The third kappa shape index (κ3) is 3.51. The number of rotatable bonds is 2. The van der Waals surface area contributed by atoms with E-state index >= 15 is 0 Å². The average molecular weight is 288 g/mol. The van der Waals surface area contributed by atoms with Gasteiger partial charge in [-0.1, -0.05) is 66.7 Å². The Balaban J connectivity index is 2.42. The molecule has 21 heavy (non-hydrogen) atoms. The quantitative estimate of drug-likeness (QED) is 0.761. The van der Waals surface area contributed by atoms with E-state index in [1.165, 1.54) is 24.0 Å². The fraction of sp³-hybridized carbons (Fsp3) is 0.700. The van der Waals surface area contributed by atoms with E-state index in [2.05, 4.69) is 66.7 Å². The van der Waals surface area contributed by atoms with Gasteiger partial charge in [-0.15, -0.1) is 0 Å².